The van der Waals surface area contributed by atoms with Crippen molar-refractivity contribution in [3.05, 3.63) is 29.6 Å². The summed E-state index contributed by atoms with van der Waals surface area (Å²) in [6.07, 6.45) is 0.948. The van der Waals surface area contributed by atoms with Crippen molar-refractivity contribution in [3.8, 4) is 0 Å². The second kappa shape index (κ2) is 5.71. The quantitative estimate of drug-likeness (QED) is 0.808. The van der Waals surface area contributed by atoms with Gasteiger partial charge in [-0.1, -0.05) is 6.92 Å². The largest absolute Gasteiger partial charge is 0.383 e. The van der Waals surface area contributed by atoms with Crippen LogP contribution < -0.4 is 5.32 Å². The zero-order chi connectivity index (χ0) is 11.3. The van der Waals surface area contributed by atoms with Crippen molar-refractivity contribution in [1.82, 2.24) is 0 Å². The van der Waals surface area contributed by atoms with Crippen LogP contribution in [0.3, 0.4) is 0 Å². The van der Waals surface area contributed by atoms with Gasteiger partial charge in [-0.05, 0) is 37.1 Å². The van der Waals surface area contributed by atoms with Gasteiger partial charge < -0.3 is 10.1 Å². The van der Waals surface area contributed by atoms with E-state index < -0.39 is 0 Å². The number of anilines is 1. The first-order chi connectivity index (χ1) is 7.15. The smallest absolute Gasteiger partial charge is 0.125 e. The molecule has 1 unspecified atom stereocenters. The number of halogens is 1. The van der Waals surface area contributed by atoms with Crippen molar-refractivity contribution >= 4 is 5.69 Å². The summed E-state index contributed by atoms with van der Waals surface area (Å²) in [5, 5.41) is 3.25. The molecule has 1 N–H and O–H groups in total. The molecule has 0 saturated carbocycles. The van der Waals surface area contributed by atoms with E-state index in [1.165, 1.54) is 12.1 Å². The first-order valence-corrected chi connectivity index (χ1v) is 5.18. The molecule has 0 saturated heterocycles. The van der Waals surface area contributed by atoms with E-state index in [4.69, 9.17) is 4.74 Å². The first kappa shape index (κ1) is 12.0. The number of hydrogen-bond acceptors (Lipinski definition) is 2. The van der Waals surface area contributed by atoms with Gasteiger partial charge in [0.15, 0.2) is 0 Å². The SMILES string of the molecule is CCC(COC)Nc1cc(C)cc(F)c1. The number of hydrogen-bond donors (Lipinski definition) is 1. The summed E-state index contributed by atoms with van der Waals surface area (Å²) in [4.78, 5) is 0. The van der Waals surface area contributed by atoms with Gasteiger partial charge in [0.2, 0.25) is 0 Å². The summed E-state index contributed by atoms with van der Waals surface area (Å²) in [5.41, 5.74) is 1.74. The number of ether oxygens (including phenoxy) is 1. The van der Waals surface area contributed by atoms with Crippen molar-refractivity contribution in [2.45, 2.75) is 26.3 Å². The van der Waals surface area contributed by atoms with Crippen molar-refractivity contribution in [2.24, 2.45) is 0 Å². The highest BCUT2D eigenvalue weighted by Crippen LogP contribution is 2.15. The van der Waals surface area contributed by atoms with E-state index in [-0.39, 0.29) is 11.9 Å². The van der Waals surface area contributed by atoms with Crippen LogP contribution in [0.15, 0.2) is 18.2 Å². The molecule has 0 aromatic heterocycles. The Hall–Kier alpha value is -1.09. The lowest BCUT2D eigenvalue weighted by Crippen LogP contribution is -2.23. The molecular weight excluding hydrogens is 193 g/mol. The highest BCUT2D eigenvalue weighted by Gasteiger charge is 2.06. The van der Waals surface area contributed by atoms with Crippen LogP contribution in [0, 0.1) is 12.7 Å². The zero-order valence-electron chi connectivity index (χ0n) is 9.51. The Morgan fingerprint density at radius 2 is 2.13 bits per heavy atom. The Morgan fingerprint density at radius 1 is 1.40 bits per heavy atom. The van der Waals surface area contributed by atoms with Gasteiger partial charge in [-0.25, -0.2) is 4.39 Å². The lowest BCUT2D eigenvalue weighted by atomic mass is 10.2. The molecule has 3 heteroatoms. The van der Waals surface area contributed by atoms with Gasteiger partial charge in [0.05, 0.1) is 6.61 Å². The number of benzene rings is 1. The average molecular weight is 211 g/mol. The number of methoxy groups -OCH3 is 1. The van der Waals surface area contributed by atoms with E-state index in [0.717, 1.165) is 17.7 Å². The van der Waals surface area contributed by atoms with Gasteiger partial charge in [-0.2, -0.15) is 0 Å². The fourth-order valence-corrected chi connectivity index (χ4v) is 1.52. The molecule has 0 fully saturated rings. The highest BCUT2D eigenvalue weighted by atomic mass is 19.1. The Bertz CT molecular complexity index is 294. The van der Waals surface area contributed by atoms with Crippen molar-refractivity contribution in [1.29, 1.82) is 0 Å². The minimum atomic E-state index is -0.204. The lowest BCUT2D eigenvalue weighted by molar-refractivity contribution is 0.184. The van der Waals surface area contributed by atoms with Crippen LogP contribution in [-0.4, -0.2) is 19.8 Å². The molecule has 0 aliphatic heterocycles. The third-order valence-electron chi connectivity index (χ3n) is 2.27. The topological polar surface area (TPSA) is 21.3 Å². The van der Waals surface area contributed by atoms with E-state index in [0.29, 0.717) is 6.61 Å². The molecule has 1 rings (SSSR count). The van der Waals surface area contributed by atoms with E-state index in [1.54, 1.807) is 7.11 Å². The summed E-state index contributed by atoms with van der Waals surface area (Å²) in [7, 11) is 1.67. The second-order valence-corrected chi connectivity index (χ2v) is 3.72. The van der Waals surface area contributed by atoms with Gasteiger partial charge in [-0.3, -0.25) is 0 Å². The van der Waals surface area contributed by atoms with Crippen molar-refractivity contribution in [3.63, 3.8) is 0 Å². The van der Waals surface area contributed by atoms with Gasteiger partial charge >= 0.3 is 0 Å². The van der Waals surface area contributed by atoms with Crippen LogP contribution >= 0.6 is 0 Å². The van der Waals surface area contributed by atoms with Crippen molar-refractivity contribution in [2.75, 3.05) is 19.0 Å². The fraction of sp³-hybridized carbons (Fsp3) is 0.500. The monoisotopic (exact) mass is 211 g/mol. The molecule has 0 bridgehead atoms. The molecule has 0 aliphatic rings. The minimum Gasteiger partial charge on any atom is -0.383 e. The van der Waals surface area contributed by atoms with Gasteiger partial charge in [-0.15, -0.1) is 0 Å². The van der Waals surface area contributed by atoms with Crippen LogP contribution in [-0.2, 0) is 4.74 Å². The molecule has 2 nitrogen and oxygen atoms in total. The maximum atomic E-state index is 13.1. The predicted octanol–water partition coefficient (Wildman–Crippen LogP) is 2.97. The molecule has 0 spiro atoms. The summed E-state index contributed by atoms with van der Waals surface area (Å²) >= 11 is 0. The number of nitrogens with one attached hydrogen (secondary N) is 1. The maximum absolute atomic E-state index is 13.1. The Kier molecular flexibility index (Phi) is 4.56. The molecule has 1 aromatic carbocycles. The summed E-state index contributed by atoms with van der Waals surface area (Å²) in [6, 6.07) is 5.19. The Labute approximate surface area is 90.4 Å². The molecule has 84 valence electrons. The molecule has 0 aliphatic carbocycles. The maximum Gasteiger partial charge on any atom is 0.125 e. The summed E-state index contributed by atoms with van der Waals surface area (Å²) in [6.45, 7) is 4.58. The first-order valence-electron chi connectivity index (χ1n) is 5.18. The Morgan fingerprint density at radius 3 is 2.67 bits per heavy atom. The van der Waals surface area contributed by atoms with Crippen molar-refractivity contribution < 1.29 is 9.13 Å². The van der Waals surface area contributed by atoms with Crippen LogP contribution in [0.5, 0.6) is 0 Å². The number of aryl methyl sites for hydroxylation is 1. The molecule has 1 atom stereocenters. The third kappa shape index (κ3) is 3.88. The van der Waals surface area contributed by atoms with Gasteiger partial charge in [0.25, 0.3) is 0 Å². The predicted molar refractivity (Wildman–Crippen MR) is 60.7 cm³/mol. The van der Waals surface area contributed by atoms with E-state index >= 15 is 0 Å². The summed E-state index contributed by atoms with van der Waals surface area (Å²) in [5.74, 6) is -0.204. The van der Waals surface area contributed by atoms with Gasteiger partial charge in [0.1, 0.15) is 5.82 Å². The van der Waals surface area contributed by atoms with Crippen LogP contribution in [0.2, 0.25) is 0 Å². The second-order valence-electron chi connectivity index (χ2n) is 3.72. The van der Waals surface area contributed by atoms with Gasteiger partial charge in [0, 0.05) is 18.8 Å². The minimum absolute atomic E-state index is 0.204. The van der Waals surface area contributed by atoms with Crippen LogP contribution in [0.4, 0.5) is 10.1 Å². The molecular formula is C12H18FNO. The lowest BCUT2D eigenvalue weighted by Gasteiger charge is -2.17. The molecule has 0 heterocycles. The van der Waals surface area contributed by atoms with E-state index in [1.807, 2.05) is 13.0 Å². The average Bonchev–Trinajstić information content (AvgIpc) is 2.15. The Balaban J connectivity index is 2.69. The fourth-order valence-electron chi connectivity index (χ4n) is 1.52. The molecule has 1 aromatic rings. The molecule has 15 heavy (non-hydrogen) atoms. The number of rotatable bonds is 5. The third-order valence-corrected chi connectivity index (χ3v) is 2.27. The summed E-state index contributed by atoms with van der Waals surface area (Å²) < 4.78 is 18.2. The molecule has 0 amide bonds. The van der Waals surface area contributed by atoms with Crippen LogP contribution in [0.1, 0.15) is 18.9 Å². The van der Waals surface area contributed by atoms with E-state index in [2.05, 4.69) is 12.2 Å². The normalized spacial score (nSPS) is 12.5. The van der Waals surface area contributed by atoms with E-state index in [9.17, 15) is 4.39 Å². The molecule has 0 radical (unpaired) electrons. The highest BCUT2D eigenvalue weighted by molar-refractivity contribution is 5.46. The standard InChI is InChI=1S/C12H18FNO/c1-4-11(8-15-3)14-12-6-9(2)5-10(13)7-12/h5-7,11,14H,4,8H2,1-3H3. The van der Waals surface area contributed by atoms with Crippen LogP contribution in [0.25, 0.3) is 0 Å². The zero-order valence-corrected chi connectivity index (χ0v) is 9.51.